The number of hydrogen-bond acceptors (Lipinski definition) is 6. The second kappa shape index (κ2) is 8.26. The van der Waals surface area contributed by atoms with Crippen molar-refractivity contribution in [3.05, 3.63) is 33.2 Å². The molecule has 1 fully saturated rings. The van der Waals surface area contributed by atoms with E-state index in [0.29, 0.717) is 37.0 Å². The van der Waals surface area contributed by atoms with E-state index in [0.717, 1.165) is 22.6 Å². The first-order valence-corrected chi connectivity index (χ1v) is 11.3. The number of likely N-dealkylation sites (tertiary alicyclic amines) is 1. The lowest BCUT2D eigenvalue weighted by Gasteiger charge is -2.31. The van der Waals surface area contributed by atoms with Gasteiger partial charge in [-0.05, 0) is 44.7 Å². The Morgan fingerprint density at radius 1 is 1.26 bits per heavy atom. The third-order valence-corrected chi connectivity index (χ3v) is 6.66. The average Bonchev–Trinajstić information content (AvgIpc) is 3.28. The van der Waals surface area contributed by atoms with Crippen molar-refractivity contribution in [1.29, 1.82) is 0 Å². The average molecular weight is 443 g/mol. The van der Waals surface area contributed by atoms with Crippen molar-refractivity contribution in [2.45, 2.75) is 46.7 Å². The molecule has 3 aromatic rings. The number of carbonyl (C=O) groups excluding carboxylic acids is 2. The number of nitrogens with zero attached hydrogens (tertiary/aromatic N) is 5. The van der Waals surface area contributed by atoms with Crippen LogP contribution >= 0.6 is 11.3 Å². The van der Waals surface area contributed by atoms with Gasteiger partial charge in [0.1, 0.15) is 12.1 Å². The maximum Gasteiger partial charge on any atom is 0.330 e. The van der Waals surface area contributed by atoms with Gasteiger partial charge in [-0.1, -0.05) is 6.92 Å². The van der Waals surface area contributed by atoms with Gasteiger partial charge in [-0.2, -0.15) is 0 Å². The van der Waals surface area contributed by atoms with Crippen molar-refractivity contribution < 1.29 is 9.59 Å². The molecule has 1 atom stereocenters. The van der Waals surface area contributed by atoms with E-state index in [1.807, 2.05) is 26.0 Å². The van der Waals surface area contributed by atoms with Gasteiger partial charge in [-0.15, -0.1) is 11.3 Å². The van der Waals surface area contributed by atoms with Crippen LogP contribution in [0.3, 0.4) is 0 Å². The van der Waals surface area contributed by atoms with Crippen molar-refractivity contribution in [3.63, 3.8) is 0 Å². The highest BCUT2D eigenvalue weighted by Gasteiger charge is 2.27. The Hall–Kier alpha value is -3.01. The second-order valence-electron chi connectivity index (χ2n) is 8.04. The number of primary amides is 1. The minimum absolute atomic E-state index is 0.0461. The topological polar surface area (TPSA) is 116 Å². The van der Waals surface area contributed by atoms with Gasteiger partial charge in [0.05, 0.1) is 4.88 Å². The van der Waals surface area contributed by atoms with E-state index in [-0.39, 0.29) is 23.7 Å². The minimum atomic E-state index is -0.761. The molecule has 0 aliphatic carbocycles. The number of imidazole rings is 1. The lowest BCUT2D eigenvalue weighted by molar-refractivity contribution is -0.133. The number of rotatable bonds is 5. The molecule has 0 bridgehead atoms. The number of aromatic nitrogens is 4. The van der Waals surface area contributed by atoms with Crippen LogP contribution in [0.5, 0.6) is 0 Å². The van der Waals surface area contributed by atoms with E-state index in [1.54, 1.807) is 4.90 Å². The van der Waals surface area contributed by atoms with E-state index in [2.05, 4.69) is 16.9 Å². The first-order valence-electron chi connectivity index (χ1n) is 10.5. The fraction of sp³-hybridized carbons (Fsp3) is 0.476. The number of carbonyl (C=O) groups is 2. The van der Waals surface area contributed by atoms with Gasteiger partial charge in [0.15, 0.2) is 17.2 Å². The quantitative estimate of drug-likeness (QED) is 0.649. The van der Waals surface area contributed by atoms with Gasteiger partial charge in [0, 0.05) is 24.5 Å². The summed E-state index contributed by atoms with van der Waals surface area (Å²) >= 11 is 1.49. The number of nitrogens with two attached hydrogens (primary N) is 1. The van der Waals surface area contributed by atoms with Gasteiger partial charge in [-0.25, -0.2) is 14.8 Å². The van der Waals surface area contributed by atoms with E-state index in [1.165, 1.54) is 20.5 Å². The van der Waals surface area contributed by atoms with Crippen LogP contribution in [0.4, 0.5) is 0 Å². The Morgan fingerprint density at radius 3 is 2.65 bits per heavy atom. The van der Waals surface area contributed by atoms with Gasteiger partial charge >= 0.3 is 5.69 Å². The molecule has 9 nitrogen and oxygen atoms in total. The predicted molar refractivity (Wildman–Crippen MR) is 119 cm³/mol. The fourth-order valence-electron chi connectivity index (χ4n) is 4.13. The SMILES string of the molecule is CCn1c(=O)n(CC(=O)N2CCC[C@H](C)C2)c2c(C(N)=O)nc(-c3ccc(C)s3)nc21. The highest BCUT2D eigenvalue weighted by Crippen LogP contribution is 2.27. The van der Waals surface area contributed by atoms with E-state index in [4.69, 9.17) is 5.73 Å². The molecule has 2 amide bonds. The Morgan fingerprint density at radius 2 is 2.03 bits per heavy atom. The summed E-state index contributed by atoms with van der Waals surface area (Å²) in [6.45, 7) is 7.41. The zero-order chi connectivity index (χ0) is 22.3. The minimum Gasteiger partial charge on any atom is -0.364 e. The number of hydrogen-bond donors (Lipinski definition) is 1. The summed E-state index contributed by atoms with van der Waals surface area (Å²) in [6, 6.07) is 3.81. The third-order valence-electron chi connectivity index (χ3n) is 5.67. The number of piperidine rings is 1. The van der Waals surface area contributed by atoms with Crippen LogP contribution in [0.1, 0.15) is 42.1 Å². The summed E-state index contributed by atoms with van der Waals surface area (Å²) in [7, 11) is 0. The van der Waals surface area contributed by atoms with Crippen molar-refractivity contribution in [1.82, 2.24) is 24.0 Å². The normalized spacial score (nSPS) is 16.7. The van der Waals surface area contributed by atoms with Gasteiger partial charge < -0.3 is 10.6 Å². The van der Waals surface area contributed by atoms with E-state index < -0.39 is 11.6 Å². The molecule has 0 unspecified atom stereocenters. The Balaban J connectivity index is 1.86. The maximum atomic E-state index is 13.2. The molecule has 0 saturated carbocycles. The maximum absolute atomic E-state index is 13.2. The summed E-state index contributed by atoms with van der Waals surface area (Å²) in [5, 5.41) is 0. The largest absolute Gasteiger partial charge is 0.364 e. The zero-order valence-corrected chi connectivity index (χ0v) is 18.7. The lowest BCUT2D eigenvalue weighted by Crippen LogP contribution is -2.42. The van der Waals surface area contributed by atoms with Crippen LogP contribution in [-0.4, -0.2) is 48.9 Å². The molecule has 1 saturated heterocycles. The Labute approximate surface area is 183 Å². The van der Waals surface area contributed by atoms with Crippen LogP contribution < -0.4 is 11.4 Å². The molecule has 4 rings (SSSR count). The Bertz CT molecular complexity index is 1220. The molecule has 10 heteroatoms. The summed E-state index contributed by atoms with van der Waals surface area (Å²) in [5.74, 6) is -0.150. The molecule has 3 aromatic heterocycles. The van der Waals surface area contributed by atoms with Crippen LogP contribution in [-0.2, 0) is 17.9 Å². The highest BCUT2D eigenvalue weighted by molar-refractivity contribution is 7.15. The molecule has 1 aliphatic heterocycles. The number of thiophene rings is 1. The van der Waals surface area contributed by atoms with E-state index >= 15 is 0 Å². The van der Waals surface area contributed by atoms with Gasteiger partial charge in [-0.3, -0.25) is 18.7 Å². The smallest absolute Gasteiger partial charge is 0.330 e. The molecule has 4 heterocycles. The van der Waals surface area contributed by atoms with E-state index in [9.17, 15) is 14.4 Å². The third kappa shape index (κ3) is 3.87. The number of aryl methyl sites for hydroxylation is 2. The van der Waals surface area contributed by atoms with Gasteiger partial charge in [0.25, 0.3) is 5.91 Å². The van der Waals surface area contributed by atoms with Crippen molar-refractivity contribution in [2.75, 3.05) is 13.1 Å². The molecule has 2 N–H and O–H groups in total. The molecule has 0 radical (unpaired) electrons. The summed E-state index contributed by atoms with van der Waals surface area (Å²) < 4.78 is 2.75. The molecule has 0 spiro atoms. The molecule has 1 aliphatic rings. The first kappa shape index (κ1) is 21.2. The second-order valence-corrected chi connectivity index (χ2v) is 9.33. The number of fused-ring (bicyclic) bond motifs is 1. The molecule has 31 heavy (non-hydrogen) atoms. The van der Waals surface area contributed by atoms with Gasteiger partial charge in [0.2, 0.25) is 5.91 Å². The molecule has 164 valence electrons. The zero-order valence-electron chi connectivity index (χ0n) is 17.9. The van der Waals surface area contributed by atoms with Crippen LogP contribution in [0.25, 0.3) is 21.9 Å². The Kier molecular flexibility index (Phi) is 5.65. The standard InChI is InChI=1S/C21H26N6O3S/c1-4-26-20-17(16(18(22)29)23-19(24-20)14-8-7-13(3)31-14)27(21(26)30)11-15(28)25-9-5-6-12(2)10-25/h7-8,12H,4-6,9-11H2,1-3H3,(H2,22,29)/t12-/m0/s1. The monoisotopic (exact) mass is 442 g/mol. The lowest BCUT2D eigenvalue weighted by atomic mass is 10.0. The molecular formula is C21H26N6O3S. The van der Waals surface area contributed by atoms with Crippen LogP contribution in [0, 0.1) is 12.8 Å². The highest BCUT2D eigenvalue weighted by atomic mass is 32.1. The van der Waals surface area contributed by atoms with Crippen LogP contribution in [0.15, 0.2) is 16.9 Å². The summed E-state index contributed by atoms with van der Waals surface area (Å²) in [6.07, 6.45) is 2.03. The summed E-state index contributed by atoms with van der Waals surface area (Å²) in [5.41, 5.74) is 5.74. The van der Waals surface area contributed by atoms with Crippen molar-refractivity contribution in [3.8, 4) is 10.7 Å². The predicted octanol–water partition coefficient (Wildman–Crippen LogP) is 2.01. The number of amides is 2. The molecular weight excluding hydrogens is 416 g/mol. The van der Waals surface area contributed by atoms with Crippen molar-refractivity contribution in [2.24, 2.45) is 11.7 Å². The summed E-state index contributed by atoms with van der Waals surface area (Å²) in [4.78, 5) is 51.1. The first-order chi connectivity index (χ1) is 14.8. The molecule has 0 aromatic carbocycles. The fourth-order valence-corrected chi connectivity index (χ4v) is 4.93. The van der Waals surface area contributed by atoms with Crippen molar-refractivity contribution >= 4 is 34.3 Å². The van der Waals surface area contributed by atoms with Crippen LogP contribution in [0.2, 0.25) is 0 Å².